The average Bonchev–Trinajstić information content (AvgIpc) is 2.13. The molecule has 17 heavy (non-hydrogen) atoms. The summed E-state index contributed by atoms with van der Waals surface area (Å²) >= 11 is 0. The van der Waals surface area contributed by atoms with Crippen LogP contribution in [0, 0.1) is 5.92 Å². The van der Waals surface area contributed by atoms with Gasteiger partial charge in [-0.2, -0.15) is 30.7 Å². The van der Waals surface area contributed by atoms with Crippen molar-refractivity contribution >= 4 is 12.4 Å². The molecule has 0 aliphatic carbocycles. The molecular formula is C8H13ClF7N. The summed E-state index contributed by atoms with van der Waals surface area (Å²) in [6.07, 6.45) is -6.34. The molecular weight excluding hydrogens is 279 g/mol. The predicted molar refractivity (Wildman–Crippen MR) is 50.6 cm³/mol. The molecule has 1 nitrogen and oxygen atoms in total. The first-order chi connectivity index (χ1) is 6.89. The van der Waals surface area contributed by atoms with Crippen LogP contribution in [0.2, 0.25) is 0 Å². The van der Waals surface area contributed by atoms with Crippen molar-refractivity contribution in [1.82, 2.24) is 0 Å². The van der Waals surface area contributed by atoms with Crippen LogP contribution in [0.5, 0.6) is 0 Å². The van der Waals surface area contributed by atoms with Gasteiger partial charge < -0.3 is 5.73 Å². The summed E-state index contributed by atoms with van der Waals surface area (Å²) in [6.45, 7) is 2.46. The zero-order valence-electron chi connectivity index (χ0n) is 8.99. The van der Waals surface area contributed by atoms with Crippen molar-refractivity contribution < 1.29 is 30.7 Å². The van der Waals surface area contributed by atoms with Gasteiger partial charge in [0.25, 0.3) is 0 Å². The van der Waals surface area contributed by atoms with Gasteiger partial charge in [0.1, 0.15) is 0 Å². The molecule has 0 amide bonds. The summed E-state index contributed by atoms with van der Waals surface area (Å²) in [5.41, 5.74) is 4.76. The van der Waals surface area contributed by atoms with Crippen LogP contribution in [0.25, 0.3) is 0 Å². The minimum atomic E-state index is -6.32. The van der Waals surface area contributed by atoms with Gasteiger partial charge in [0.2, 0.25) is 0 Å². The van der Waals surface area contributed by atoms with E-state index in [0.29, 0.717) is 0 Å². The van der Waals surface area contributed by atoms with E-state index in [4.69, 9.17) is 5.73 Å². The van der Waals surface area contributed by atoms with Crippen LogP contribution in [0.15, 0.2) is 0 Å². The van der Waals surface area contributed by atoms with E-state index in [0.717, 1.165) is 6.92 Å². The molecule has 1 unspecified atom stereocenters. The highest BCUT2D eigenvalue weighted by molar-refractivity contribution is 5.85. The molecule has 2 atom stereocenters. The van der Waals surface area contributed by atoms with E-state index in [9.17, 15) is 30.7 Å². The maximum Gasteiger partial charge on any atom is 0.459 e. The topological polar surface area (TPSA) is 26.0 Å². The minimum Gasteiger partial charge on any atom is -0.322 e. The molecule has 106 valence electrons. The van der Waals surface area contributed by atoms with Crippen molar-refractivity contribution in [2.24, 2.45) is 11.7 Å². The van der Waals surface area contributed by atoms with E-state index in [-0.39, 0.29) is 18.8 Å². The summed E-state index contributed by atoms with van der Waals surface area (Å²) in [4.78, 5) is 0. The van der Waals surface area contributed by atoms with Crippen LogP contribution < -0.4 is 5.73 Å². The first-order valence-corrected chi connectivity index (χ1v) is 4.47. The molecule has 0 aromatic heterocycles. The number of rotatable bonds is 4. The zero-order valence-corrected chi connectivity index (χ0v) is 9.81. The SMILES string of the molecule is CCC(C)[C@@H](N)C(F)(F)C(F)(F)C(F)(F)F.Cl. The molecule has 0 radical (unpaired) electrons. The summed E-state index contributed by atoms with van der Waals surface area (Å²) in [6, 6.07) is -2.55. The van der Waals surface area contributed by atoms with Crippen LogP contribution >= 0.6 is 12.4 Å². The second-order valence-corrected chi connectivity index (χ2v) is 3.61. The number of nitrogens with two attached hydrogens (primary N) is 1. The van der Waals surface area contributed by atoms with Gasteiger partial charge in [-0.25, -0.2) is 0 Å². The van der Waals surface area contributed by atoms with Crippen LogP contribution in [0.4, 0.5) is 30.7 Å². The predicted octanol–water partition coefficient (Wildman–Crippen LogP) is 3.61. The van der Waals surface area contributed by atoms with Gasteiger partial charge in [0, 0.05) is 0 Å². The maximum absolute atomic E-state index is 12.9. The second-order valence-electron chi connectivity index (χ2n) is 3.61. The van der Waals surface area contributed by atoms with Crippen molar-refractivity contribution in [2.75, 3.05) is 0 Å². The Kier molecular flexibility index (Phi) is 6.29. The van der Waals surface area contributed by atoms with E-state index < -0.39 is 30.0 Å². The molecule has 0 heterocycles. The first-order valence-electron chi connectivity index (χ1n) is 4.47. The number of halogens is 8. The lowest BCUT2D eigenvalue weighted by Gasteiger charge is -2.34. The molecule has 0 aromatic rings. The van der Waals surface area contributed by atoms with Gasteiger partial charge in [-0.15, -0.1) is 12.4 Å². The maximum atomic E-state index is 12.9. The highest BCUT2D eigenvalue weighted by Gasteiger charge is 2.75. The van der Waals surface area contributed by atoms with Crippen molar-refractivity contribution in [3.8, 4) is 0 Å². The summed E-state index contributed by atoms with van der Waals surface area (Å²) in [5, 5.41) is 0. The highest BCUT2D eigenvalue weighted by atomic mass is 35.5. The summed E-state index contributed by atoms with van der Waals surface area (Å²) in [5.74, 6) is -12.6. The Morgan fingerprint density at radius 1 is 1.00 bits per heavy atom. The quantitative estimate of drug-likeness (QED) is 0.787. The molecule has 0 aliphatic heterocycles. The zero-order chi connectivity index (χ0) is 13.4. The molecule has 0 aliphatic rings. The molecule has 9 heteroatoms. The Labute approximate surface area is 99.9 Å². The fraction of sp³-hybridized carbons (Fsp3) is 1.00. The van der Waals surface area contributed by atoms with Gasteiger partial charge in [0.05, 0.1) is 6.04 Å². The van der Waals surface area contributed by atoms with E-state index in [1.54, 1.807) is 0 Å². The standard InChI is InChI=1S/C8H12F7N.ClH/c1-3-4(2)5(16)6(9,10)7(11,12)8(13,14)15;/h4-5H,3,16H2,1-2H3;1H/t4?,5-;/m1./s1. The first kappa shape index (κ1) is 19.1. The van der Waals surface area contributed by atoms with Gasteiger partial charge in [-0.3, -0.25) is 0 Å². The third-order valence-electron chi connectivity index (χ3n) is 2.45. The monoisotopic (exact) mass is 291 g/mol. The summed E-state index contributed by atoms with van der Waals surface area (Å²) < 4.78 is 86.2. The molecule has 0 fully saturated rings. The Morgan fingerprint density at radius 3 is 1.59 bits per heavy atom. The van der Waals surface area contributed by atoms with E-state index in [2.05, 4.69) is 0 Å². The van der Waals surface area contributed by atoms with Crippen molar-refractivity contribution in [2.45, 2.75) is 44.3 Å². The third-order valence-corrected chi connectivity index (χ3v) is 2.45. The Morgan fingerprint density at radius 2 is 1.35 bits per heavy atom. The lowest BCUT2D eigenvalue weighted by molar-refractivity contribution is -0.360. The fourth-order valence-corrected chi connectivity index (χ4v) is 1.01. The minimum absolute atomic E-state index is 0. The van der Waals surface area contributed by atoms with Crippen molar-refractivity contribution in [3.63, 3.8) is 0 Å². The molecule has 0 rings (SSSR count). The summed E-state index contributed by atoms with van der Waals surface area (Å²) in [7, 11) is 0. The molecule has 0 bridgehead atoms. The van der Waals surface area contributed by atoms with Crippen LogP contribution in [0.1, 0.15) is 20.3 Å². The molecule has 0 aromatic carbocycles. The normalized spacial score (nSPS) is 17.3. The third kappa shape index (κ3) is 3.37. The van der Waals surface area contributed by atoms with E-state index in [1.807, 2.05) is 0 Å². The van der Waals surface area contributed by atoms with Gasteiger partial charge in [-0.05, 0) is 5.92 Å². The highest BCUT2D eigenvalue weighted by Crippen LogP contribution is 2.48. The van der Waals surface area contributed by atoms with Crippen LogP contribution in [-0.2, 0) is 0 Å². The molecule has 0 saturated carbocycles. The second kappa shape index (κ2) is 5.60. The smallest absolute Gasteiger partial charge is 0.322 e. The Hall–Kier alpha value is -0.240. The van der Waals surface area contributed by atoms with Gasteiger partial charge >= 0.3 is 18.0 Å². The van der Waals surface area contributed by atoms with Crippen LogP contribution in [0.3, 0.4) is 0 Å². The molecule has 2 N–H and O–H groups in total. The van der Waals surface area contributed by atoms with Crippen molar-refractivity contribution in [3.05, 3.63) is 0 Å². The lowest BCUT2D eigenvalue weighted by atomic mass is 9.91. The molecule has 0 saturated heterocycles. The lowest BCUT2D eigenvalue weighted by Crippen LogP contribution is -2.62. The van der Waals surface area contributed by atoms with Crippen LogP contribution in [-0.4, -0.2) is 24.1 Å². The molecule has 0 spiro atoms. The largest absolute Gasteiger partial charge is 0.459 e. The Balaban J connectivity index is 0. The van der Waals surface area contributed by atoms with Gasteiger partial charge in [0.15, 0.2) is 0 Å². The van der Waals surface area contributed by atoms with Crippen molar-refractivity contribution in [1.29, 1.82) is 0 Å². The van der Waals surface area contributed by atoms with Gasteiger partial charge in [-0.1, -0.05) is 20.3 Å². The number of hydrogen-bond donors (Lipinski definition) is 1. The average molecular weight is 292 g/mol. The fourth-order valence-electron chi connectivity index (χ4n) is 1.01. The number of alkyl halides is 7. The Bertz CT molecular complexity index is 241. The van der Waals surface area contributed by atoms with E-state index in [1.165, 1.54) is 6.92 Å². The van der Waals surface area contributed by atoms with E-state index >= 15 is 0 Å². The number of hydrogen-bond acceptors (Lipinski definition) is 1.